The maximum atomic E-state index is 12.0. The minimum atomic E-state index is -0.117. The molecule has 1 atom stereocenters. The average molecular weight is 290 g/mol. The monoisotopic (exact) mass is 290 g/mol. The molecule has 0 spiro atoms. The summed E-state index contributed by atoms with van der Waals surface area (Å²) in [4.78, 5) is 14.0. The number of carbonyl (C=O) groups is 1. The number of hydrogen-bond donors (Lipinski definition) is 1. The maximum Gasteiger partial charge on any atom is 0.237 e. The van der Waals surface area contributed by atoms with Gasteiger partial charge >= 0.3 is 0 Å². The van der Waals surface area contributed by atoms with Crippen molar-refractivity contribution in [3.63, 3.8) is 0 Å². The summed E-state index contributed by atoms with van der Waals surface area (Å²) < 4.78 is 5.79. The second kappa shape index (κ2) is 6.94. The molecule has 1 saturated carbocycles. The Morgan fingerprint density at radius 3 is 2.52 bits per heavy atom. The molecule has 21 heavy (non-hydrogen) atoms. The van der Waals surface area contributed by atoms with Gasteiger partial charge in [-0.05, 0) is 63.9 Å². The van der Waals surface area contributed by atoms with Crippen LogP contribution in [0.1, 0.15) is 30.9 Å². The van der Waals surface area contributed by atoms with Crippen LogP contribution in [0.25, 0.3) is 0 Å². The zero-order valence-electron chi connectivity index (χ0n) is 13.5. The van der Waals surface area contributed by atoms with E-state index in [1.54, 1.807) is 0 Å². The van der Waals surface area contributed by atoms with Gasteiger partial charge in [-0.15, -0.1) is 0 Å². The van der Waals surface area contributed by atoms with E-state index in [1.165, 1.54) is 11.1 Å². The summed E-state index contributed by atoms with van der Waals surface area (Å²) in [5, 5.41) is 3.04. The number of nitrogens with zero attached hydrogens (tertiary/aromatic N) is 1. The second-order valence-corrected chi connectivity index (χ2v) is 6.11. The molecule has 1 unspecified atom stereocenters. The Morgan fingerprint density at radius 2 is 1.95 bits per heavy atom. The molecule has 4 nitrogen and oxygen atoms in total. The van der Waals surface area contributed by atoms with Gasteiger partial charge in [-0.1, -0.05) is 6.07 Å². The molecule has 1 fully saturated rings. The zero-order chi connectivity index (χ0) is 15.4. The highest BCUT2D eigenvalue weighted by atomic mass is 16.5. The van der Waals surface area contributed by atoms with Gasteiger partial charge in [-0.25, -0.2) is 0 Å². The first-order valence-corrected chi connectivity index (χ1v) is 7.67. The van der Waals surface area contributed by atoms with Crippen molar-refractivity contribution in [1.29, 1.82) is 0 Å². The fraction of sp³-hybridized carbons (Fsp3) is 0.588. The summed E-state index contributed by atoms with van der Waals surface area (Å²) in [7, 11) is 1.96. The van der Waals surface area contributed by atoms with E-state index < -0.39 is 0 Å². The molecule has 0 aromatic heterocycles. The van der Waals surface area contributed by atoms with Crippen LogP contribution in [-0.4, -0.2) is 43.1 Å². The third-order valence-electron chi connectivity index (χ3n) is 3.87. The van der Waals surface area contributed by atoms with E-state index in [2.05, 4.69) is 25.2 Å². The molecule has 1 amide bonds. The SMILES string of the molecule is Cc1cc(C)cc(OCCN(C)C(C)C(=O)NC2CC2)c1. The second-order valence-electron chi connectivity index (χ2n) is 6.11. The molecule has 1 aliphatic carbocycles. The van der Waals surface area contributed by atoms with E-state index in [0.717, 1.165) is 25.1 Å². The lowest BCUT2D eigenvalue weighted by Crippen LogP contribution is -2.45. The Balaban J connectivity index is 1.74. The van der Waals surface area contributed by atoms with E-state index in [9.17, 15) is 4.79 Å². The maximum absolute atomic E-state index is 12.0. The Hall–Kier alpha value is -1.55. The van der Waals surface area contributed by atoms with Crippen molar-refractivity contribution < 1.29 is 9.53 Å². The lowest BCUT2D eigenvalue weighted by molar-refractivity contribution is -0.125. The van der Waals surface area contributed by atoms with E-state index in [-0.39, 0.29) is 11.9 Å². The molecular weight excluding hydrogens is 264 g/mol. The molecule has 4 heteroatoms. The van der Waals surface area contributed by atoms with Crippen LogP contribution < -0.4 is 10.1 Å². The number of hydrogen-bond acceptors (Lipinski definition) is 3. The van der Waals surface area contributed by atoms with E-state index >= 15 is 0 Å². The average Bonchev–Trinajstić information content (AvgIpc) is 3.20. The number of ether oxygens (including phenoxy) is 1. The summed E-state index contributed by atoms with van der Waals surface area (Å²) in [6.07, 6.45) is 2.25. The number of benzene rings is 1. The lowest BCUT2D eigenvalue weighted by atomic mass is 10.1. The molecule has 1 N–H and O–H groups in total. The minimum Gasteiger partial charge on any atom is -0.492 e. The normalized spacial score (nSPS) is 15.9. The summed E-state index contributed by atoms with van der Waals surface area (Å²) in [6.45, 7) is 7.38. The Labute approximate surface area is 127 Å². The van der Waals surface area contributed by atoms with Gasteiger partial charge in [0.1, 0.15) is 12.4 Å². The van der Waals surface area contributed by atoms with Crippen LogP contribution in [0.3, 0.4) is 0 Å². The number of likely N-dealkylation sites (N-methyl/N-ethyl adjacent to an activating group) is 1. The Morgan fingerprint density at radius 1 is 1.33 bits per heavy atom. The van der Waals surface area contributed by atoms with E-state index in [4.69, 9.17) is 4.74 Å². The van der Waals surface area contributed by atoms with Crippen LogP contribution in [0.15, 0.2) is 18.2 Å². The first-order valence-electron chi connectivity index (χ1n) is 7.67. The van der Waals surface area contributed by atoms with Crippen molar-refractivity contribution in [2.45, 2.75) is 45.7 Å². The molecule has 1 aromatic rings. The Kier molecular flexibility index (Phi) is 5.23. The van der Waals surface area contributed by atoms with E-state index in [1.807, 2.05) is 31.0 Å². The quantitative estimate of drug-likeness (QED) is 0.837. The molecule has 116 valence electrons. The van der Waals surface area contributed by atoms with Crippen LogP contribution in [0, 0.1) is 13.8 Å². The molecular formula is C17H26N2O2. The molecule has 0 saturated heterocycles. The molecule has 0 bridgehead atoms. The van der Waals surface area contributed by atoms with Gasteiger partial charge in [0.25, 0.3) is 0 Å². The minimum absolute atomic E-state index is 0.117. The summed E-state index contributed by atoms with van der Waals surface area (Å²) in [5.41, 5.74) is 2.41. The first-order chi connectivity index (χ1) is 9.95. The predicted molar refractivity (Wildman–Crippen MR) is 84.7 cm³/mol. The third kappa shape index (κ3) is 5.05. The van der Waals surface area contributed by atoms with Crippen LogP contribution in [0.5, 0.6) is 5.75 Å². The van der Waals surface area contributed by atoms with Gasteiger partial charge in [-0.3, -0.25) is 9.69 Å². The molecule has 0 radical (unpaired) electrons. The summed E-state index contributed by atoms with van der Waals surface area (Å²) >= 11 is 0. The largest absolute Gasteiger partial charge is 0.492 e. The fourth-order valence-electron chi connectivity index (χ4n) is 2.27. The van der Waals surface area contributed by atoms with Gasteiger partial charge in [0, 0.05) is 12.6 Å². The van der Waals surface area contributed by atoms with Crippen LogP contribution in [0.2, 0.25) is 0 Å². The number of rotatable bonds is 7. The fourth-order valence-corrected chi connectivity index (χ4v) is 2.27. The number of nitrogens with one attached hydrogen (secondary N) is 1. The topological polar surface area (TPSA) is 41.6 Å². The third-order valence-corrected chi connectivity index (χ3v) is 3.87. The van der Waals surface area contributed by atoms with Crippen LogP contribution in [-0.2, 0) is 4.79 Å². The number of amides is 1. The van der Waals surface area contributed by atoms with Gasteiger partial charge in [0.2, 0.25) is 5.91 Å². The van der Waals surface area contributed by atoms with Crippen molar-refractivity contribution in [2.75, 3.05) is 20.2 Å². The summed E-state index contributed by atoms with van der Waals surface area (Å²) in [5.74, 6) is 1.02. The highest BCUT2D eigenvalue weighted by Crippen LogP contribution is 2.19. The highest BCUT2D eigenvalue weighted by molar-refractivity contribution is 5.81. The van der Waals surface area contributed by atoms with Gasteiger partial charge in [0.15, 0.2) is 0 Å². The van der Waals surface area contributed by atoms with Crippen LogP contribution in [0.4, 0.5) is 0 Å². The van der Waals surface area contributed by atoms with Crippen LogP contribution >= 0.6 is 0 Å². The number of aryl methyl sites for hydroxylation is 2. The molecule has 1 aromatic carbocycles. The smallest absolute Gasteiger partial charge is 0.237 e. The van der Waals surface area contributed by atoms with Crippen molar-refractivity contribution in [2.24, 2.45) is 0 Å². The summed E-state index contributed by atoms with van der Waals surface area (Å²) in [6, 6.07) is 6.50. The molecule has 2 rings (SSSR count). The zero-order valence-corrected chi connectivity index (χ0v) is 13.5. The van der Waals surface area contributed by atoms with E-state index in [0.29, 0.717) is 12.6 Å². The molecule has 0 heterocycles. The van der Waals surface area contributed by atoms with Crippen molar-refractivity contribution >= 4 is 5.91 Å². The van der Waals surface area contributed by atoms with Gasteiger partial charge in [-0.2, -0.15) is 0 Å². The predicted octanol–water partition coefficient (Wildman–Crippen LogP) is 2.28. The molecule has 0 aliphatic heterocycles. The molecule has 1 aliphatic rings. The lowest BCUT2D eigenvalue weighted by Gasteiger charge is -2.23. The Bertz CT molecular complexity index is 477. The van der Waals surface area contributed by atoms with Crippen molar-refractivity contribution in [1.82, 2.24) is 10.2 Å². The van der Waals surface area contributed by atoms with Gasteiger partial charge < -0.3 is 10.1 Å². The van der Waals surface area contributed by atoms with Crippen molar-refractivity contribution in [3.05, 3.63) is 29.3 Å². The standard InChI is InChI=1S/C17H26N2O2/c1-12-9-13(2)11-16(10-12)21-8-7-19(4)14(3)17(20)18-15-5-6-15/h9-11,14-15H,5-8H2,1-4H3,(H,18,20). The number of carbonyl (C=O) groups excluding carboxylic acids is 1. The van der Waals surface area contributed by atoms with Crippen molar-refractivity contribution in [3.8, 4) is 5.75 Å². The van der Waals surface area contributed by atoms with Gasteiger partial charge in [0.05, 0.1) is 6.04 Å². The highest BCUT2D eigenvalue weighted by Gasteiger charge is 2.26. The first kappa shape index (κ1) is 15.8.